The summed E-state index contributed by atoms with van der Waals surface area (Å²) in [5.74, 6) is -0.312. The van der Waals surface area contributed by atoms with Crippen LogP contribution in [0.4, 0.5) is 0 Å². The summed E-state index contributed by atoms with van der Waals surface area (Å²) in [6, 6.07) is -0.570. The number of carbonyl (C=O) groups is 1. The Morgan fingerprint density at radius 2 is 2.28 bits per heavy atom. The summed E-state index contributed by atoms with van der Waals surface area (Å²) in [6.07, 6.45) is 9.47. The highest BCUT2D eigenvalue weighted by Gasteiger charge is 2.21. The van der Waals surface area contributed by atoms with E-state index in [0.29, 0.717) is 12.8 Å². The molecule has 18 heavy (non-hydrogen) atoms. The number of carbonyl (C=O) groups excluding carboxylic acids is 1. The molecule has 1 amide bonds. The van der Waals surface area contributed by atoms with E-state index < -0.39 is 16.3 Å². The van der Waals surface area contributed by atoms with Gasteiger partial charge >= 0.3 is 0 Å². The van der Waals surface area contributed by atoms with Crippen molar-refractivity contribution in [2.75, 3.05) is 0 Å². The van der Waals surface area contributed by atoms with Gasteiger partial charge in [-0.3, -0.25) is 4.79 Å². The molecule has 98 valence electrons. The second-order valence-electron chi connectivity index (χ2n) is 4.00. The van der Waals surface area contributed by atoms with Crippen molar-refractivity contribution in [1.82, 2.24) is 5.32 Å². The van der Waals surface area contributed by atoms with E-state index in [2.05, 4.69) is 11.9 Å². The highest BCUT2D eigenvalue weighted by atomic mass is 32.2. The SMILES string of the molecule is C=CCC(CC)C(=O)NC1C=CC=CC1=S(=O)=O. The molecule has 0 saturated heterocycles. The summed E-state index contributed by atoms with van der Waals surface area (Å²) < 4.78 is 22.0. The molecule has 1 aliphatic rings. The van der Waals surface area contributed by atoms with Crippen molar-refractivity contribution < 1.29 is 13.2 Å². The number of hydrogen-bond donors (Lipinski definition) is 1. The second-order valence-corrected chi connectivity index (χ2v) is 4.94. The molecular formula is C13H17NO3S. The molecule has 0 aromatic rings. The molecule has 1 N–H and O–H groups in total. The van der Waals surface area contributed by atoms with Crippen molar-refractivity contribution in [3.63, 3.8) is 0 Å². The Morgan fingerprint density at radius 3 is 2.83 bits per heavy atom. The Bertz CT molecular complexity index is 506. The lowest BCUT2D eigenvalue weighted by molar-refractivity contribution is -0.125. The normalized spacial score (nSPS) is 19.4. The molecule has 0 heterocycles. The smallest absolute Gasteiger partial charge is 0.224 e. The van der Waals surface area contributed by atoms with Crippen molar-refractivity contribution >= 4 is 21.1 Å². The molecule has 0 saturated carbocycles. The third-order valence-corrected chi connectivity index (χ3v) is 3.56. The van der Waals surface area contributed by atoms with Crippen LogP contribution in [0.25, 0.3) is 0 Å². The Balaban J connectivity index is 2.81. The van der Waals surface area contributed by atoms with Gasteiger partial charge in [-0.25, -0.2) is 0 Å². The summed E-state index contributed by atoms with van der Waals surface area (Å²) in [5.41, 5.74) is 0. The molecule has 0 fully saturated rings. The maximum atomic E-state index is 12.0. The summed E-state index contributed by atoms with van der Waals surface area (Å²) in [6.45, 7) is 5.53. The standard InChI is InChI=1S/C13H17NO3S/c1-3-7-10(4-2)13(15)14-11-8-5-6-9-12(11)18(16)17/h3,5-6,8-11H,1,4,7H2,2H3,(H,14,15). The molecule has 0 aliphatic heterocycles. The molecule has 2 unspecified atom stereocenters. The van der Waals surface area contributed by atoms with Gasteiger partial charge in [-0.05, 0) is 18.9 Å². The fraction of sp³-hybridized carbons (Fsp3) is 0.385. The van der Waals surface area contributed by atoms with Crippen molar-refractivity contribution in [3.8, 4) is 0 Å². The van der Waals surface area contributed by atoms with E-state index in [-0.39, 0.29) is 16.7 Å². The molecule has 2 atom stereocenters. The summed E-state index contributed by atoms with van der Waals surface area (Å²) in [4.78, 5) is 12.1. The van der Waals surface area contributed by atoms with Crippen LogP contribution in [0.1, 0.15) is 19.8 Å². The number of nitrogens with one attached hydrogen (secondary N) is 1. The van der Waals surface area contributed by atoms with E-state index in [0.717, 1.165) is 0 Å². The minimum absolute atomic E-state index is 0.148. The van der Waals surface area contributed by atoms with Crippen molar-refractivity contribution in [2.45, 2.75) is 25.8 Å². The van der Waals surface area contributed by atoms with E-state index >= 15 is 0 Å². The van der Waals surface area contributed by atoms with Crippen molar-refractivity contribution in [3.05, 3.63) is 37.0 Å². The van der Waals surface area contributed by atoms with Gasteiger partial charge in [0, 0.05) is 5.92 Å². The van der Waals surface area contributed by atoms with Crippen LogP contribution in [-0.4, -0.2) is 25.2 Å². The average Bonchev–Trinajstić information content (AvgIpc) is 2.36. The quantitative estimate of drug-likeness (QED) is 0.602. The molecule has 1 rings (SSSR count). The topological polar surface area (TPSA) is 63.2 Å². The first-order valence-corrected chi connectivity index (χ1v) is 6.89. The van der Waals surface area contributed by atoms with E-state index in [1.165, 1.54) is 6.08 Å². The minimum atomic E-state index is -2.32. The first-order valence-electron chi connectivity index (χ1n) is 5.82. The van der Waals surface area contributed by atoms with E-state index in [9.17, 15) is 13.2 Å². The fourth-order valence-electron chi connectivity index (χ4n) is 1.73. The fourth-order valence-corrected chi connectivity index (χ4v) is 2.27. The number of rotatable bonds is 5. The van der Waals surface area contributed by atoms with E-state index in [1.807, 2.05) is 6.92 Å². The first kappa shape index (κ1) is 14.4. The Labute approximate surface area is 109 Å². The summed E-state index contributed by atoms with van der Waals surface area (Å²) in [7, 11) is -2.32. The summed E-state index contributed by atoms with van der Waals surface area (Å²) >= 11 is 0. The molecule has 0 aromatic heterocycles. The van der Waals surface area contributed by atoms with E-state index in [4.69, 9.17) is 0 Å². The lowest BCUT2D eigenvalue weighted by Crippen LogP contribution is -2.42. The molecule has 4 nitrogen and oxygen atoms in total. The first-order chi connectivity index (χ1) is 8.60. The predicted molar refractivity (Wildman–Crippen MR) is 72.7 cm³/mol. The molecule has 1 aliphatic carbocycles. The number of hydrogen-bond acceptors (Lipinski definition) is 3. The maximum absolute atomic E-state index is 12.0. The van der Waals surface area contributed by atoms with Gasteiger partial charge in [-0.15, -0.1) is 6.58 Å². The van der Waals surface area contributed by atoms with E-state index in [1.54, 1.807) is 24.3 Å². The zero-order chi connectivity index (χ0) is 13.5. The van der Waals surface area contributed by atoms with Gasteiger partial charge in [-0.2, -0.15) is 8.42 Å². The Morgan fingerprint density at radius 1 is 1.56 bits per heavy atom. The second kappa shape index (κ2) is 6.96. The molecule has 0 spiro atoms. The van der Waals surface area contributed by atoms with Gasteiger partial charge in [0.15, 0.2) is 0 Å². The van der Waals surface area contributed by atoms with Crippen LogP contribution in [0, 0.1) is 5.92 Å². The van der Waals surface area contributed by atoms with Crippen LogP contribution in [0.5, 0.6) is 0 Å². The third kappa shape index (κ3) is 3.70. The van der Waals surface area contributed by atoms with Gasteiger partial charge in [0.25, 0.3) is 0 Å². The Hall–Kier alpha value is -1.62. The number of amides is 1. The predicted octanol–water partition coefficient (Wildman–Crippen LogP) is 1.25. The van der Waals surface area contributed by atoms with Crippen molar-refractivity contribution in [2.24, 2.45) is 5.92 Å². The number of allylic oxidation sites excluding steroid dienone is 3. The monoisotopic (exact) mass is 267 g/mol. The van der Waals surface area contributed by atoms with Gasteiger partial charge < -0.3 is 5.32 Å². The van der Waals surface area contributed by atoms with Gasteiger partial charge in [0.1, 0.15) is 0 Å². The molecule has 0 radical (unpaired) electrons. The van der Waals surface area contributed by atoms with Gasteiger partial charge in [-0.1, -0.05) is 31.2 Å². The zero-order valence-corrected chi connectivity index (χ0v) is 11.1. The van der Waals surface area contributed by atoms with Crippen LogP contribution in [0.2, 0.25) is 0 Å². The molecular weight excluding hydrogens is 250 g/mol. The van der Waals surface area contributed by atoms with Gasteiger partial charge in [0.2, 0.25) is 16.2 Å². The Kier molecular flexibility index (Phi) is 5.58. The highest BCUT2D eigenvalue weighted by molar-refractivity contribution is 7.73. The molecule has 0 bridgehead atoms. The van der Waals surface area contributed by atoms with Crippen LogP contribution in [-0.2, 0) is 15.1 Å². The summed E-state index contributed by atoms with van der Waals surface area (Å²) in [5, 5.41) is 2.73. The van der Waals surface area contributed by atoms with Crippen LogP contribution in [0.15, 0.2) is 37.0 Å². The zero-order valence-electron chi connectivity index (χ0n) is 10.3. The van der Waals surface area contributed by atoms with Gasteiger partial charge in [0.05, 0.1) is 10.9 Å². The largest absolute Gasteiger partial charge is 0.345 e. The van der Waals surface area contributed by atoms with Crippen LogP contribution in [0.3, 0.4) is 0 Å². The average molecular weight is 267 g/mol. The van der Waals surface area contributed by atoms with Crippen LogP contribution < -0.4 is 5.32 Å². The highest BCUT2D eigenvalue weighted by Crippen LogP contribution is 2.10. The molecule has 0 aromatic carbocycles. The lowest BCUT2D eigenvalue weighted by Gasteiger charge is -2.19. The molecule has 5 heteroatoms. The maximum Gasteiger partial charge on any atom is 0.224 e. The minimum Gasteiger partial charge on any atom is -0.345 e. The third-order valence-electron chi connectivity index (χ3n) is 2.79. The van der Waals surface area contributed by atoms with Crippen LogP contribution >= 0.6 is 0 Å². The lowest BCUT2D eigenvalue weighted by atomic mass is 10.00. The van der Waals surface area contributed by atoms with Crippen molar-refractivity contribution in [1.29, 1.82) is 0 Å².